The largest absolute Gasteiger partial charge is 0.495 e. The lowest BCUT2D eigenvalue weighted by atomic mass is 9.83. The first-order valence-electron chi connectivity index (χ1n) is 6.76. The molecule has 1 N–H and O–H groups in total. The normalized spacial score (nSPS) is 23.7. The molecule has 0 aromatic heterocycles. The van der Waals surface area contributed by atoms with Crippen LogP contribution in [0.25, 0.3) is 0 Å². The number of ether oxygens (including phenoxy) is 1. The molecule has 2 rings (SSSR count). The van der Waals surface area contributed by atoms with Crippen molar-refractivity contribution in [3.8, 4) is 5.75 Å². The van der Waals surface area contributed by atoms with Gasteiger partial charge in [0.2, 0.25) is 0 Å². The molecule has 1 saturated carbocycles. The number of anilines is 1. The van der Waals surface area contributed by atoms with Crippen LogP contribution in [0.2, 0.25) is 0 Å². The first kappa shape index (κ1) is 13.7. The van der Waals surface area contributed by atoms with Crippen LogP contribution in [-0.2, 0) is 0 Å². The Balaban J connectivity index is 1.86. The first-order valence-corrected chi connectivity index (χ1v) is 7.55. The third-order valence-electron chi connectivity index (χ3n) is 3.88. The summed E-state index contributed by atoms with van der Waals surface area (Å²) in [6, 6.07) is 6.18. The van der Waals surface area contributed by atoms with Crippen LogP contribution in [0.15, 0.2) is 22.7 Å². The van der Waals surface area contributed by atoms with Crippen molar-refractivity contribution in [1.82, 2.24) is 0 Å². The summed E-state index contributed by atoms with van der Waals surface area (Å²) in [6.07, 6.45) is 5.50. The van der Waals surface area contributed by atoms with Gasteiger partial charge in [0, 0.05) is 18.3 Å². The van der Waals surface area contributed by atoms with Gasteiger partial charge in [0.05, 0.1) is 11.6 Å². The summed E-state index contributed by atoms with van der Waals surface area (Å²) in [4.78, 5) is 0. The Morgan fingerprint density at radius 2 is 2.00 bits per heavy atom. The van der Waals surface area contributed by atoms with E-state index in [0.717, 1.165) is 34.3 Å². The molecule has 0 radical (unpaired) electrons. The molecule has 0 atom stereocenters. The summed E-state index contributed by atoms with van der Waals surface area (Å²) in [5, 5.41) is 3.53. The Morgan fingerprint density at radius 3 is 2.67 bits per heavy atom. The molecule has 0 bridgehead atoms. The number of halogens is 1. The molecule has 2 nitrogen and oxygen atoms in total. The number of benzene rings is 1. The minimum absolute atomic E-state index is 0.829. The molecule has 1 fully saturated rings. The predicted molar refractivity (Wildman–Crippen MR) is 80.3 cm³/mol. The maximum atomic E-state index is 5.30. The number of methoxy groups -OCH3 is 1. The molecule has 1 aromatic rings. The SMILES string of the molecule is COc1cc(NCC2CCC(C)CC2)ccc1Br. The van der Waals surface area contributed by atoms with Crippen molar-refractivity contribution in [1.29, 1.82) is 0 Å². The minimum atomic E-state index is 0.829. The van der Waals surface area contributed by atoms with Crippen molar-refractivity contribution in [2.45, 2.75) is 32.6 Å². The highest BCUT2D eigenvalue weighted by Gasteiger charge is 2.17. The highest BCUT2D eigenvalue weighted by molar-refractivity contribution is 9.10. The van der Waals surface area contributed by atoms with E-state index >= 15 is 0 Å². The van der Waals surface area contributed by atoms with E-state index in [1.807, 2.05) is 6.07 Å². The van der Waals surface area contributed by atoms with Crippen molar-refractivity contribution >= 4 is 21.6 Å². The molecule has 0 unspecified atom stereocenters. The lowest BCUT2D eigenvalue weighted by molar-refractivity contribution is 0.300. The van der Waals surface area contributed by atoms with Gasteiger partial charge in [-0.15, -0.1) is 0 Å². The molecule has 18 heavy (non-hydrogen) atoms. The monoisotopic (exact) mass is 311 g/mol. The molecular weight excluding hydrogens is 290 g/mol. The topological polar surface area (TPSA) is 21.3 Å². The molecule has 0 aliphatic heterocycles. The minimum Gasteiger partial charge on any atom is -0.495 e. The Kier molecular flexibility index (Phi) is 4.93. The lowest BCUT2D eigenvalue weighted by Crippen LogP contribution is -2.20. The molecule has 0 spiro atoms. The fraction of sp³-hybridized carbons (Fsp3) is 0.600. The van der Waals surface area contributed by atoms with Gasteiger partial charge < -0.3 is 10.1 Å². The van der Waals surface area contributed by atoms with Gasteiger partial charge in [0.1, 0.15) is 5.75 Å². The van der Waals surface area contributed by atoms with Crippen LogP contribution in [-0.4, -0.2) is 13.7 Å². The average molecular weight is 312 g/mol. The molecule has 100 valence electrons. The van der Waals surface area contributed by atoms with Crippen molar-refractivity contribution in [3.05, 3.63) is 22.7 Å². The molecular formula is C15H22BrNO. The number of nitrogens with one attached hydrogen (secondary N) is 1. The summed E-state index contributed by atoms with van der Waals surface area (Å²) in [5.41, 5.74) is 1.15. The average Bonchev–Trinajstić information content (AvgIpc) is 2.39. The molecule has 3 heteroatoms. The Morgan fingerprint density at radius 1 is 1.28 bits per heavy atom. The van der Waals surface area contributed by atoms with E-state index in [9.17, 15) is 0 Å². The zero-order valence-corrected chi connectivity index (χ0v) is 12.8. The second kappa shape index (κ2) is 6.46. The van der Waals surface area contributed by atoms with E-state index in [1.54, 1.807) is 7.11 Å². The van der Waals surface area contributed by atoms with Crippen LogP contribution in [0.4, 0.5) is 5.69 Å². The summed E-state index contributed by atoms with van der Waals surface area (Å²) in [5.74, 6) is 2.64. The van der Waals surface area contributed by atoms with Crippen molar-refractivity contribution in [2.24, 2.45) is 11.8 Å². The molecule has 1 aliphatic carbocycles. The number of rotatable bonds is 4. The molecule has 1 aromatic carbocycles. The number of hydrogen-bond donors (Lipinski definition) is 1. The van der Waals surface area contributed by atoms with E-state index in [2.05, 4.69) is 40.3 Å². The Hall–Kier alpha value is -0.700. The fourth-order valence-corrected chi connectivity index (χ4v) is 2.97. The van der Waals surface area contributed by atoms with Crippen LogP contribution >= 0.6 is 15.9 Å². The summed E-state index contributed by atoms with van der Waals surface area (Å²) < 4.78 is 6.31. The maximum absolute atomic E-state index is 5.30. The van der Waals surface area contributed by atoms with E-state index in [4.69, 9.17) is 4.74 Å². The molecule has 1 aliphatic rings. The van der Waals surface area contributed by atoms with Crippen LogP contribution in [0.3, 0.4) is 0 Å². The van der Waals surface area contributed by atoms with Crippen LogP contribution in [0, 0.1) is 11.8 Å². The van der Waals surface area contributed by atoms with Gasteiger partial charge >= 0.3 is 0 Å². The van der Waals surface area contributed by atoms with Gasteiger partial charge in [0.25, 0.3) is 0 Å². The van der Waals surface area contributed by atoms with Crippen molar-refractivity contribution in [2.75, 3.05) is 19.0 Å². The second-order valence-corrected chi connectivity index (χ2v) is 6.21. The molecule has 0 amide bonds. The van der Waals surface area contributed by atoms with Gasteiger partial charge in [-0.1, -0.05) is 19.8 Å². The third kappa shape index (κ3) is 3.64. The van der Waals surface area contributed by atoms with E-state index in [-0.39, 0.29) is 0 Å². The van der Waals surface area contributed by atoms with Crippen molar-refractivity contribution in [3.63, 3.8) is 0 Å². The summed E-state index contributed by atoms with van der Waals surface area (Å²) in [7, 11) is 1.70. The van der Waals surface area contributed by atoms with Crippen LogP contribution in [0.1, 0.15) is 32.6 Å². The van der Waals surface area contributed by atoms with Crippen molar-refractivity contribution < 1.29 is 4.74 Å². The van der Waals surface area contributed by atoms with E-state index in [0.29, 0.717) is 0 Å². The first-order chi connectivity index (χ1) is 8.69. The third-order valence-corrected chi connectivity index (χ3v) is 4.54. The standard InChI is InChI=1S/C15H22BrNO/c1-11-3-5-12(6-4-11)10-17-13-7-8-14(16)15(9-13)18-2/h7-9,11-12,17H,3-6,10H2,1-2H3. The molecule has 0 saturated heterocycles. The smallest absolute Gasteiger partial charge is 0.135 e. The van der Waals surface area contributed by atoms with Gasteiger partial charge in [-0.25, -0.2) is 0 Å². The second-order valence-electron chi connectivity index (χ2n) is 5.36. The summed E-state index contributed by atoms with van der Waals surface area (Å²) in [6.45, 7) is 3.45. The quantitative estimate of drug-likeness (QED) is 0.870. The van der Waals surface area contributed by atoms with Crippen LogP contribution < -0.4 is 10.1 Å². The van der Waals surface area contributed by atoms with Crippen LogP contribution in [0.5, 0.6) is 5.75 Å². The summed E-state index contributed by atoms with van der Waals surface area (Å²) >= 11 is 3.47. The highest BCUT2D eigenvalue weighted by atomic mass is 79.9. The van der Waals surface area contributed by atoms with E-state index in [1.165, 1.54) is 25.7 Å². The van der Waals surface area contributed by atoms with Gasteiger partial charge in [-0.2, -0.15) is 0 Å². The van der Waals surface area contributed by atoms with Gasteiger partial charge in [0.15, 0.2) is 0 Å². The van der Waals surface area contributed by atoms with Gasteiger partial charge in [-0.3, -0.25) is 0 Å². The molecule has 0 heterocycles. The van der Waals surface area contributed by atoms with Gasteiger partial charge in [-0.05, 0) is 52.7 Å². The predicted octanol–water partition coefficient (Wildman–Crippen LogP) is 4.70. The Labute approximate surface area is 118 Å². The maximum Gasteiger partial charge on any atom is 0.135 e. The Bertz CT molecular complexity index is 386. The number of hydrogen-bond acceptors (Lipinski definition) is 2. The fourth-order valence-electron chi connectivity index (χ4n) is 2.57. The zero-order chi connectivity index (χ0) is 13.0. The zero-order valence-electron chi connectivity index (χ0n) is 11.2. The lowest BCUT2D eigenvalue weighted by Gasteiger charge is -2.26. The highest BCUT2D eigenvalue weighted by Crippen LogP contribution is 2.30. The van der Waals surface area contributed by atoms with E-state index < -0.39 is 0 Å².